The van der Waals surface area contributed by atoms with E-state index >= 15 is 0 Å². The van der Waals surface area contributed by atoms with Gasteiger partial charge in [0.1, 0.15) is 6.61 Å². The number of rotatable bonds is 6. The number of aliphatic carboxylic acids is 1. The molecule has 1 saturated heterocycles. The minimum absolute atomic E-state index is 0.0125. The number of carboxylic acids is 1. The topological polar surface area (TPSA) is 66.8 Å². The Morgan fingerprint density at radius 3 is 2.55 bits per heavy atom. The van der Waals surface area contributed by atoms with Crippen LogP contribution >= 0.6 is 0 Å². The summed E-state index contributed by atoms with van der Waals surface area (Å²) in [5.74, 6) is -0.687. The predicted molar refractivity (Wildman–Crippen MR) is 80.0 cm³/mol. The summed E-state index contributed by atoms with van der Waals surface area (Å²) in [6.45, 7) is 1.30. The highest BCUT2D eigenvalue weighted by Gasteiger charge is 2.46. The fourth-order valence-electron chi connectivity index (χ4n) is 3.22. The lowest BCUT2D eigenvalue weighted by molar-refractivity contribution is -0.143. The van der Waals surface area contributed by atoms with Crippen LogP contribution in [0.25, 0.3) is 0 Å². The highest BCUT2D eigenvalue weighted by atomic mass is 16.5. The summed E-state index contributed by atoms with van der Waals surface area (Å²) >= 11 is 0. The van der Waals surface area contributed by atoms with Crippen molar-refractivity contribution in [3.05, 3.63) is 35.9 Å². The lowest BCUT2D eigenvalue weighted by Gasteiger charge is -2.16. The number of ether oxygens (including phenoxy) is 1. The molecule has 1 aliphatic carbocycles. The number of hydrogen-bond acceptors (Lipinski definition) is 3. The zero-order valence-corrected chi connectivity index (χ0v) is 12.5. The summed E-state index contributed by atoms with van der Waals surface area (Å²) in [5.41, 5.74) is 1.02. The van der Waals surface area contributed by atoms with Gasteiger partial charge in [-0.3, -0.25) is 9.59 Å². The lowest BCUT2D eigenvalue weighted by Crippen LogP contribution is -2.33. The molecule has 5 heteroatoms. The molecule has 2 aliphatic rings. The Bertz CT molecular complexity index is 541. The van der Waals surface area contributed by atoms with Crippen LogP contribution in [0.15, 0.2) is 30.3 Å². The van der Waals surface area contributed by atoms with E-state index in [1.165, 1.54) is 0 Å². The van der Waals surface area contributed by atoms with E-state index in [4.69, 9.17) is 4.74 Å². The van der Waals surface area contributed by atoms with Gasteiger partial charge in [-0.2, -0.15) is 0 Å². The van der Waals surface area contributed by atoms with E-state index in [1.54, 1.807) is 4.90 Å². The van der Waals surface area contributed by atoms with Gasteiger partial charge in [0.05, 0.1) is 12.5 Å². The molecule has 0 spiro atoms. The fraction of sp³-hybridized carbons (Fsp3) is 0.529. The van der Waals surface area contributed by atoms with E-state index in [1.807, 2.05) is 30.3 Å². The Morgan fingerprint density at radius 2 is 1.91 bits per heavy atom. The second kappa shape index (κ2) is 6.48. The molecule has 1 aliphatic heterocycles. The average Bonchev–Trinajstić information content (AvgIpc) is 3.26. The smallest absolute Gasteiger partial charge is 0.308 e. The average molecular weight is 303 g/mol. The molecule has 2 fully saturated rings. The lowest BCUT2D eigenvalue weighted by atomic mass is 9.92. The first-order valence-corrected chi connectivity index (χ1v) is 7.77. The van der Waals surface area contributed by atoms with Crippen molar-refractivity contribution in [2.75, 3.05) is 19.7 Å². The van der Waals surface area contributed by atoms with Gasteiger partial charge in [-0.15, -0.1) is 0 Å². The Kier molecular flexibility index (Phi) is 4.43. The largest absolute Gasteiger partial charge is 0.481 e. The summed E-state index contributed by atoms with van der Waals surface area (Å²) in [6, 6.07) is 9.69. The van der Waals surface area contributed by atoms with Gasteiger partial charge in [0.2, 0.25) is 5.91 Å². The maximum atomic E-state index is 12.2. The van der Waals surface area contributed by atoms with Crippen LogP contribution in [0.1, 0.15) is 18.4 Å². The SMILES string of the molecule is O=C(O)[C@H]1CN(C(=O)COCc2ccccc2)C[C@@H]1C1CC1. The van der Waals surface area contributed by atoms with Gasteiger partial charge in [0, 0.05) is 13.1 Å². The maximum Gasteiger partial charge on any atom is 0.308 e. The first kappa shape index (κ1) is 15.0. The van der Waals surface area contributed by atoms with Gasteiger partial charge in [0.25, 0.3) is 0 Å². The number of carbonyl (C=O) groups excluding carboxylic acids is 1. The number of carbonyl (C=O) groups is 2. The van der Waals surface area contributed by atoms with Gasteiger partial charge >= 0.3 is 5.97 Å². The van der Waals surface area contributed by atoms with E-state index in [0.29, 0.717) is 25.6 Å². The van der Waals surface area contributed by atoms with E-state index in [0.717, 1.165) is 18.4 Å². The Labute approximate surface area is 129 Å². The van der Waals surface area contributed by atoms with Gasteiger partial charge in [-0.1, -0.05) is 30.3 Å². The summed E-state index contributed by atoms with van der Waals surface area (Å²) in [6.07, 6.45) is 2.20. The molecule has 0 radical (unpaired) electrons. The van der Waals surface area contributed by atoms with Crippen molar-refractivity contribution >= 4 is 11.9 Å². The Balaban J connectivity index is 1.49. The summed E-state index contributed by atoms with van der Waals surface area (Å²) in [7, 11) is 0. The van der Waals surface area contributed by atoms with Gasteiger partial charge in [-0.05, 0) is 30.2 Å². The van der Waals surface area contributed by atoms with E-state index < -0.39 is 11.9 Å². The van der Waals surface area contributed by atoms with Crippen molar-refractivity contribution in [1.29, 1.82) is 0 Å². The van der Waals surface area contributed by atoms with Crippen molar-refractivity contribution in [3.63, 3.8) is 0 Å². The highest BCUT2D eigenvalue weighted by molar-refractivity contribution is 5.80. The number of benzene rings is 1. The molecule has 1 heterocycles. The fourth-order valence-corrected chi connectivity index (χ4v) is 3.22. The third-order valence-corrected chi connectivity index (χ3v) is 4.60. The van der Waals surface area contributed by atoms with Gasteiger partial charge < -0.3 is 14.7 Å². The second-order valence-corrected chi connectivity index (χ2v) is 6.22. The molecule has 1 saturated carbocycles. The molecule has 0 unspecified atom stereocenters. The van der Waals surface area contributed by atoms with Crippen molar-refractivity contribution in [2.45, 2.75) is 19.4 Å². The molecule has 1 aromatic carbocycles. The van der Waals surface area contributed by atoms with Gasteiger partial charge in [0.15, 0.2) is 0 Å². The van der Waals surface area contributed by atoms with Gasteiger partial charge in [-0.25, -0.2) is 0 Å². The second-order valence-electron chi connectivity index (χ2n) is 6.22. The van der Waals surface area contributed by atoms with Crippen LogP contribution in [0.2, 0.25) is 0 Å². The van der Waals surface area contributed by atoms with Crippen LogP contribution in [-0.4, -0.2) is 41.6 Å². The van der Waals surface area contributed by atoms with Crippen molar-refractivity contribution < 1.29 is 19.4 Å². The van der Waals surface area contributed by atoms with E-state index in [-0.39, 0.29) is 18.4 Å². The number of amides is 1. The molecule has 2 atom stereocenters. The first-order valence-electron chi connectivity index (χ1n) is 7.77. The Hall–Kier alpha value is -1.88. The molecule has 5 nitrogen and oxygen atoms in total. The first-order chi connectivity index (χ1) is 10.6. The summed E-state index contributed by atoms with van der Waals surface area (Å²) in [4.78, 5) is 25.2. The van der Waals surface area contributed by atoms with E-state index in [2.05, 4.69) is 0 Å². The maximum absolute atomic E-state index is 12.2. The van der Waals surface area contributed by atoms with E-state index in [9.17, 15) is 14.7 Å². The van der Waals surface area contributed by atoms with Crippen LogP contribution in [0.3, 0.4) is 0 Å². The number of nitrogens with zero attached hydrogens (tertiary/aromatic N) is 1. The number of hydrogen-bond donors (Lipinski definition) is 1. The molecule has 1 aromatic rings. The Morgan fingerprint density at radius 1 is 1.18 bits per heavy atom. The third kappa shape index (κ3) is 3.47. The van der Waals surface area contributed by atoms with Crippen LogP contribution < -0.4 is 0 Å². The zero-order chi connectivity index (χ0) is 15.5. The van der Waals surface area contributed by atoms with Crippen LogP contribution in [0.4, 0.5) is 0 Å². The highest BCUT2D eigenvalue weighted by Crippen LogP contribution is 2.44. The van der Waals surface area contributed by atoms with Crippen LogP contribution in [-0.2, 0) is 20.9 Å². The number of carboxylic acid groups (broad SMARTS) is 1. The van der Waals surface area contributed by atoms with Crippen LogP contribution in [0.5, 0.6) is 0 Å². The molecule has 0 bridgehead atoms. The minimum Gasteiger partial charge on any atom is -0.481 e. The quantitative estimate of drug-likeness (QED) is 0.870. The molecule has 118 valence electrons. The number of likely N-dealkylation sites (tertiary alicyclic amines) is 1. The molecule has 0 aromatic heterocycles. The van der Waals surface area contributed by atoms with Crippen LogP contribution in [0, 0.1) is 17.8 Å². The molecular formula is C17H21NO4. The summed E-state index contributed by atoms with van der Waals surface area (Å²) in [5, 5.41) is 9.32. The third-order valence-electron chi connectivity index (χ3n) is 4.60. The molecule has 1 N–H and O–H groups in total. The normalized spacial score (nSPS) is 24.5. The zero-order valence-electron chi connectivity index (χ0n) is 12.5. The predicted octanol–water partition coefficient (Wildman–Crippen LogP) is 1.77. The van der Waals surface area contributed by atoms with Crippen molar-refractivity contribution in [2.24, 2.45) is 17.8 Å². The molecule has 1 amide bonds. The molecular weight excluding hydrogens is 282 g/mol. The van der Waals surface area contributed by atoms with Crippen molar-refractivity contribution in [3.8, 4) is 0 Å². The molecule has 3 rings (SSSR count). The minimum atomic E-state index is -0.780. The molecule has 22 heavy (non-hydrogen) atoms. The van der Waals surface area contributed by atoms with Crippen molar-refractivity contribution in [1.82, 2.24) is 4.90 Å². The monoisotopic (exact) mass is 303 g/mol. The standard InChI is InChI=1S/C17H21NO4/c19-16(11-22-10-12-4-2-1-3-5-12)18-8-14(13-6-7-13)15(9-18)17(20)21/h1-5,13-15H,6-11H2,(H,20,21)/t14-,15+/m1/s1. The summed E-state index contributed by atoms with van der Waals surface area (Å²) < 4.78 is 5.46.